The van der Waals surface area contributed by atoms with E-state index in [0.717, 1.165) is 27.7 Å². The van der Waals surface area contributed by atoms with Crippen LogP contribution in [0.25, 0.3) is 22.0 Å². The number of hydrogen-bond donors (Lipinski definition) is 1. The molecule has 0 saturated carbocycles. The molecule has 0 aliphatic heterocycles. The number of aromatic nitrogens is 2. The summed E-state index contributed by atoms with van der Waals surface area (Å²) in [5.41, 5.74) is 8.71. The van der Waals surface area contributed by atoms with Gasteiger partial charge >= 0.3 is 0 Å². The number of rotatable bonds is 1. The third-order valence-corrected chi connectivity index (χ3v) is 2.79. The van der Waals surface area contributed by atoms with Crippen LogP contribution in [-0.2, 0) is 0 Å². The number of pyridine rings is 2. The van der Waals surface area contributed by atoms with Gasteiger partial charge in [0.15, 0.2) is 0 Å². The average Bonchev–Trinajstić information content (AvgIpc) is 2.41. The van der Waals surface area contributed by atoms with Crippen molar-refractivity contribution in [2.45, 2.75) is 0 Å². The zero-order valence-corrected chi connectivity index (χ0v) is 9.17. The summed E-state index contributed by atoms with van der Waals surface area (Å²) < 4.78 is 0. The van der Waals surface area contributed by atoms with Crippen molar-refractivity contribution < 1.29 is 0 Å². The van der Waals surface area contributed by atoms with Crippen LogP contribution in [0.2, 0.25) is 0 Å². The summed E-state index contributed by atoms with van der Waals surface area (Å²) in [6.45, 7) is 0. The molecule has 2 heterocycles. The molecule has 0 amide bonds. The van der Waals surface area contributed by atoms with E-state index in [4.69, 9.17) is 5.73 Å². The lowest BCUT2D eigenvalue weighted by Crippen LogP contribution is -1.90. The second-order valence-corrected chi connectivity index (χ2v) is 3.84. The lowest BCUT2D eigenvalue weighted by Gasteiger charge is -2.07. The molecule has 0 saturated heterocycles. The van der Waals surface area contributed by atoms with E-state index in [-0.39, 0.29) is 0 Å². The van der Waals surface area contributed by atoms with Crippen LogP contribution in [0.1, 0.15) is 0 Å². The lowest BCUT2D eigenvalue weighted by atomic mass is 10.0. The molecule has 3 aromatic rings. The molecule has 3 rings (SSSR count). The zero-order chi connectivity index (χ0) is 11.7. The third kappa shape index (κ3) is 1.61. The number of benzene rings is 1. The van der Waals surface area contributed by atoms with E-state index < -0.39 is 0 Å². The van der Waals surface area contributed by atoms with Gasteiger partial charge < -0.3 is 5.73 Å². The average molecular weight is 221 g/mol. The number of hydrogen-bond acceptors (Lipinski definition) is 3. The topological polar surface area (TPSA) is 51.8 Å². The summed E-state index contributed by atoms with van der Waals surface area (Å²) >= 11 is 0. The van der Waals surface area contributed by atoms with E-state index in [1.54, 1.807) is 18.6 Å². The smallest absolute Gasteiger partial charge is 0.0708 e. The molecular formula is C14H11N3. The molecule has 0 fully saturated rings. The van der Waals surface area contributed by atoms with E-state index in [1.807, 2.05) is 36.4 Å². The quantitative estimate of drug-likeness (QED) is 0.643. The van der Waals surface area contributed by atoms with Gasteiger partial charge in [-0.05, 0) is 29.7 Å². The van der Waals surface area contributed by atoms with Crippen molar-refractivity contribution in [1.29, 1.82) is 0 Å². The van der Waals surface area contributed by atoms with Gasteiger partial charge in [0.1, 0.15) is 0 Å². The van der Waals surface area contributed by atoms with Crippen LogP contribution in [0.3, 0.4) is 0 Å². The normalized spacial score (nSPS) is 10.6. The van der Waals surface area contributed by atoms with Gasteiger partial charge in [0.05, 0.1) is 5.69 Å². The Morgan fingerprint density at radius 1 is 0.882 bits per heavy atom. The molecule has 17 heavy (non-hydrogen) atoms. The van der Waals surface area contributed by atoms with Gasteiger partial charge in [0.2, 0.25) is 0 Å². The highest BCUT2D eigenvalue weighted by Gasteiger charge is 2.06. The number of nitrogen functional groups attached to an aromatic ring is 1. The predicted molar refractivity (Wildman–Crippen MR) is 69.4 cm³/mol. The summed E-state index contributed by atoms with van der Waals surface area (Å²) in [6.07, 6.45) is 5.35. The highest BCUT2D eigenvalue weighted by atomic mass is 14.7. The van der Waals surface area contributed by atoms with Crippen molar-refractivity contribution in [3.63, 3.8) is 0 Å². The lowest BCUT2D eigenvalue weighted by molar-refractivity contribution is 1.33. The summed E-state index contributed by atoms with van der Waals surface area (Å²) in [5, 5.41) is 2.05. The third-order valence-electron chi connectivity index (χ3n) is 2.79. The monoisotopic (exact) mass is 221 g/mol. The minimum absolute atomic E-state index is 0.743. The number of nitrogens with zero attached hydrogens (tertiary/aromatic N) is 2. The first kappa shape index (κ1) is 9.78. The standard InChI is InChI=1S/C14H11N3/c15-13-5-4-11(14-3-1-2-7-17-14)10-6-8-16-9-12(10)13/h1-9H,15H2. The van der Waals surface area contributed by atoms with Crippen molar-refractivity contribution >= 4 is 16.5 Å². The maximum Gasteiger partial charge on any atom is 0.0708 e. The Balaban J connectivity index is 2.35. The molecule has 1 aromatic carbocycles. The van der Waals surface area contributed by atoms with Crippen molar-refractivity contribution in [3.8, 4) is 11.3 Å². The van der Waals surface area contributed by atoms with Crippen LogP contribution < -0.4 is 5.73 Å². The molecule has 0 radical (unpaired) electrons. The van der Waals surface area contributed by atoms with E-state index in [0.29, 0.717) is 0 Å². The second kappa shape index (κ2) is 3.87. The highest BCUT2D eigenvalue weighted by Crippen LogP contribution is 2.29. The van der Waals surface area contributed by atoms with Crippen molar-refractivity contribution in [1.82, 2.24) is 9.97 Å². The molecule has 3 nitrogen and oxygen atoms in total. The molecule has 0 aliphatic carbocycles. The Bertz CT molecular complexity index is 663. The second-order valence-electron chi connectivity index (χ2n) is 3.84. The Morgan fingerprint density at radius 3 is 2.65 bits per heavy atom. The van der Waals surface area contributed by atoms with E-state index in [2.05, 4.69) is 9.97 Å². The predicted octanol–water partition coefficient (Wildman–Crippen LogP) is 2.88. The number of fused-ring (bicyclic) bond motifs is 1. The van der Waals surface area contributed by atoms with Crippen LogP contribution in [-0.4, -0.2) is 9.97 Å². The summed E-state index contributed by atoms with van der Waals surface area (Å²) in [4.78, 5) is 8.48. The summed E-state index contributed by atoms with van der Waals surface area (Å²) in [5.74, 6) is 0. The van der Waals surface area contributed by atoms with E-state index in [9.17, 15) is 0 Å². The molecular weight excluding hydrogens is 210 g/mol. The van der Waals surface area contributed by atoms with Crippen molar-refractivity contribution in [2.75, 3.05) is 5.73 Å². The molecule has 2 aromatic heterocycles. The maximum absolute atomic E-state index is 5.94. The maximum atomic E-state index is 5.94. The Morgan fingerprint density at radius 2 is 1.82 bits per heavy atom. The van der Waals surface area contributed by atoms with Crippen molar-refractivity contribution in [3.05, 3.63) is 55.0 Å². The molecule has 82 valence electrons. The number of anilines is 1. The minimum atomic E-state index is 0.743. The van der Waals surface area contributed by atoms with Crippen LogP contribution in [0.15, 0.2) is 55.0 Å². The summed E-state index contributed by atoms with van der Waals surface area (Å²) in [7, 11) is 0. The fourth-order valence-electron chi connectivity index (χ4n) is 1.96. The van der Waals surface area contributed by atoms with Gasteiger partial charge in [-0.3, -0.25) is 9.97 Å². The number of nitrogens with two attached hydrogens (primary N) is 1. The van der Waals surface area contributed by atoms with Gasteiger partial charge in [-0.15, -0.1) is 0 Å². The molecule has 0 aliphatic rings. The van der Waals surface area contributed by atoms with E-state index in [1.165, 1.54) is 0 Å². The molecule has 0 spiro atoms. The highest BCUT2D eigenvalue weighted by molar-refractivity contribution is 6.01. The first-order chi connectivity index (χ1) is 8.36. The van der Waals surface area contributed by atoms with Gasteiger partial charge in [-0.1, -0.05) is 12.1 Å². The van der Waals surface area contributed by atoms with Crippen LogP contribution >= 0.6 is 0 Å². The van der Waals surface area contributed by atoms with Gasteiger partial charge in [-0.2, -0.15) is 0 Å². The first-order valence-corrected chi connectivity index (χ1v) is 5.40. The fourth-order valence-corrected chi connectivity index (χ4v) is 1.96. The Labute approximate surface area is 98.9 Å². The van der Waals surface area contributed by atoms with Crippen LogP contribution in [0.5, 0.6) is 0 Å². The van der Waals surface area contributed by atoms with Gasteiger partial charge in [0.25, 0.3) is 0 Å². The molecule has 0 atom stereocenters. The molecule has 0 bridgehead atoms. The summed E-state index contributed by atoms with van der Waals surface area (Å²) in [6, 6.07) is 11.7. The fraction of sp³-hybridized carbons (Fsp3) is 0. The zero-order valence-electron chi connectivity index (χ0n) is 9.17. The van der Waals surface area contributed by atoms with Gasteiger partial charge in [-0.25, -0.2) is 0 Å². The van der Waals surface area contributed by atoms with Crippen LogP contribution in [0, 0.1) is 0 Å². The van der Waals surface area contributed by atoms with Crippen molar-refractivity contribution in [2.24, 2.45) is 0 Å². The largest absolute Gasteiger partial charge is 0.398 e. The van der Waals surface area contributed by atoms with Gasteiger partial charge in [0, 0.05) is 35.2 Å². The Hall–Kier alpha value is -2.42. The SMILES string of the molecule is Nc1ccc(-c2ccccn2)c2ccncc12. The first-order valence-electron chi connectivity index (χ1n) is 5.40. The minimum Gasteiger partial charge on any atom is -0.398 e. The van der Waals surface area contributed by atoms with E-state index >= 15 is 0 Å². The molecule has 3 heteroatoms. The molecule has 2 N–H and O–H groups in total. The Kier molecular flexibility index (Phi) is 2.22. The molecule has 0 unspecified atom stereocenters. The van der Waals surface area contributed by atoms with Crippen LogP contribution in [0.4, 0.5) is 5.69 Å².